The zero-order valence-electron chi connectivity index (χ0n) is 16.5. The largest absolute Gasteiger partial charge is 0.380 e. The minimum Gasteiger partial charge on any atom is -0.380 e. The minimum absolute atomic E-state index is 0.0986. The number of hydrogen-bond acceptors (Lipinski definition) is 4. The summed E-state index contributed by atoms with van der Waals surface area (Å²) in [6.45, 7) is -0.903. The van der Waals surface area contributed by atoms with Crippen LogP contribution < -0.4 is 5.73 Å². The lowest BCUT2D eigenvalue weighted by Gasteiger charge is -2.40. The van der Waals surface area contributed by atoms with E-state index in [9.17, 15) is 13.6 Å². The molecule has 162 valence electrons. The van der Waals surface area contributed by atoms with Gasteiger partial charge in [-0.15, -0.1) is 0 Å². The molecule has 3 atom stereocenters. The Kier molecular flexibility index (Phi) is 4.77. The molecule has 6 nitrogen and oxygen atoms in total. The van der Waals surface area contributed by atoms with Gasteiger partial charge in [-0.2, -0.15) is 0 Å². The summed E-state index contributed by atoms with van der Waals surface area (Å²) >= 11 is 0. The van der Waals surface area contributed by atoms with Gasteiger partial charge in [-0.1, -0.05) is 18.9 Å². The topological polar surface area (TPSA) is 84.2 Å². The van der Waals surface area contributed by atoms with E-state index in [0.29, 0.717) is 22.8 Å². The lowest BCUT2D eigenvalue weighted by Crippen LogP contribution is -2.60. The summed E-state index contributed by atoms with van der Waals surface area (Å²) in [5.74, 6) is -4.03. The van der Waals surface area contributed by atoms with E-state index in [4.69, 9.17) is 10.5 Å². The van der Waals surface area contributed by atoms with Gasteiger partial charge in [0.15, 0.2) is 5.82 Å². The maximum Gasteiger partial charge on any atom is 0.282 e. The van der Waals surface area contributed by atoms with E-state index in [0.717, 1.165) is 30.6 Å². The average Bonchev–Trinajstić information content (AvgIpc) is 3.45. The van der Waals surface area contributed by atoms with E-state index in [1.807, 2.05) is 0 Å². The van der Waals surface area contributed by atoms with Crippen LogP contribution in [0.1, 0.15) is 49.0 Å². The Labute approximate surface area is 172 Å². The van der Waals surface area contributed by atoms with Gasteiger partial charge in [0, 0.05) is 5.92 Å². The third-order valence-corrected chi connectivity index (χ3v) is 6.82. The molecule has 5 rings (SSSR count). The van der Waals surface area contributed by atoms with E-state index >= 15 is 4.39 Å². The normalized spacial score (nSPS) is 27.5. The van der Waals surface area contributed by atoms with Crippen LogP contribution in [0.15, 0.2) is 12.1 Å². The number of rotatable bonds is 4. The number of carbonyl (C=O) groups excluding carboxylic acids is 1. The molecule has 2 saturated heterocycles. The number of nitrogens with two attached hydrogens (primary N) is 1. The minimum atomic E-state index is -2.84. The number of imidazole rings is 1. The van der Waals surface area contributed by atoms with Crippen LogP contribution in [-0.2, 0) is 9.53 Å². The third-order valence-electron chi connectivity index (χ3n) is 6.82. The maximum absolute atomic E-state index is 15.4. The number of likely N-dealkylation sites (tertiary alicyclic amines) is 1. The second-order valence-corrected chi connectivity index (χ2v) is 8.86. The van der Waals surface area contributed by atoms with Crippen LogP contribution in [0.3, 0.4) is 0 Å². The summed E-state index contributed by atoms with van der Waals surface area (Å²) in [6.07, 6.45) is 4.39. The van der Waals surface area contributed by atoms with Gasteiger partial charge < -0.3 is 20.4 Å². The smallest absolute Gasteiger partial charge is 0.282 e. The van der Waals surface area contributed by atoms with Crippen molar-refractivity contribution in [2.45, 2.75) is 43.6 Å². The van der Waals surface area contributed by atoms with Crippen molar-refractivity contribution in [2.75, 3.05) is 26.3 Å². The fraction of sp³-hybridized carbons (Fsp3) is 0.619. The molecule has 9 heteroatoms. The molecule has 30 heavy (non-hydrogen) atoms. The Morgan fingerprint density at radius 1 is 1.27 bits per heavy atom. The first-order chi connectivity index (χ1) is 14.3. The summed E-state index contributed by atoms with van der Waals surface area (Å²) in [7, 11) is 0. The van der Waals surface area contributed by atoms with E-state index in [2.05, 4.69) is 9.97 Å². The summed E-state index contributed by atoms with van der Waals surface area (Å²) < 4.78 is 47.2. The first kappa shape index (κ1) is 19.8. The SMILES string of the molecule is N[C@H](c1nc2c(F)c([C@H]3COC[C@H]3C(=O)N3CC(F)(F)C3)ccc2[nH]1)C1CCCC1. The summed E-state index contributed by atoms with van der Waals surface area (Å²) in [5, 5.41) is 0. The van der Waals surface area contributed by atoms with Gasteiger partial charge in [0.25, 0.3) is 5.92 Å². The van der Waals surface area contributed by atoms with Gasteiger partial charge in [-0.3, -0.25) is 4.79 Å². The molecule has 0 spiro atoms. The predicted molar refractivity (Wildman–Crippen MR) is 104 cm³/mol. The van der Waals surface area contributed by atoms with Gasteiger partial charge in [0.2, 0.25) is 5.91 Å². The number of nitrogens with zero attached hydrogens (tertiary/aromatic N) is 2. The molecule has 3 heterocycles. The molecule has 3 N–H and O–H groups in total. The van der Waals surface area contributed by atoms with Crippen molar-refractivity contribution in [3.8, 4) is 0 Å². The molecular weight excluding hydrogens is 397 g/mol. The lowest BCUT2D eigenvalue weighted by molar-refractivity contribution is -0.169. The molecule has 2 aliphatic heterocycles. The molecule has 1 amide bonds. The molecule has 2 aromatic rings. The van der Waals surface area contributed by atoms with Crippen LogP contribution in [0, 0.1) is 17.7 Å². The Hall–Kier alpha value is -2.13. The third kappa shape index (κ3) is 3.28. The summed E-state index contributed by atoms with van der Waals surface area (Å²) in [6, 6.07) is 3.11. The van der Waals surface area contributed by atoms with E-state index in [-0.39, 0.29) is 24.8 Å². The molecule has 0 bridgehead atoms. The van der Waals surface area contributed by atoms with Crippen molar-refractivity contribution in [2.24, 2.45) is 17.6 Å². The Morgan fingerprint density at radius 2 is 2.00 bits per heavy atom. The quantitative estimate of drug-likeness (QED) is 0.793. The lowest BCUT2D eigenvalue weighted by atomic mass is 9.86. The number of fused-ring (bicyclic) bond motifs is 1. The van der Waals surface area contributed by atoms with Gasteiger partial charge in [-0.05, 0) is 30.4 Å². The summed E-state index contributed by atoms with van der Waals surface area (Å²) in [4.78, 5) is 21.4. The monoisotopic (exact) mass is 422 g/mol. The van der Waals surface area contributed by atoms with Gasteiger partial charge in [0.05, 0.1) is 43.8 Å². The molecule has 1 aliphatic carbocycles. The molecular formula is C21H25F3N4O2. The fourth-order valence-corrected chi connectivity index (χ4v) is 5.07. The number of amides is 1. The summed E-state index contributed by atoms with van der Waals surface area (Å²) in [5.41, 5.74) is 7.45. The number of aromatic amines is 1. The standard InChI is InChI=1S/C21H25F3N4O2/c22-16-12(13-7-30-8-14(13)20(29)28-9-21(23,24)10-28)5-6-15-18(16)27-19(26-15)17(25)11-3-1-2-4-11/h5-6,11,13-14,17H,1-4,7-10,25H2,(H,26,27)/t13-,14-,17+/m1/s1. The van der Waals surface area contributed by atoms with Gasteiger partial charge in [-0.25, -0.2) is 18.2 Å². The number of ether oxygens (including phenoxy) is 1. The molecule has 3 aliphatic rings. The Morgan fingerprint density at radius 3 is 2.70 bits per heavy atom. The molecule has 0 radical (unpaired) electrons. The number of nitrogens with one attached hydrogen (secondary N) is 1. The Balaban J connectivity index is 1.41. The zero-order chi connectivity index (χ0) is 21.0. The number of carbonyl (C=O) groups is 1. The highest BCUT2D eigenvalue weighted by Crippen LogP contribution is 2.39. The highest BCUT2D eigenvalue weighted by Gasteiger charge is 2.50. The van der Waals surface area contributed by atoms with Gasteiger partial charge in [0.1, 0.15) is 11.3 Å². The van der Waals surface area contributed by atoms with Gasteiger partial charge >= 0.3 is 0 Å². The molecule has 0 unspecified atom stereocenters. The number of halogens is 3. The zero-order valence-corrected chi connectivity index (χ0v) is 16.5. The van der Waals surface area contributed by atoms with Crippen LogP contribution >= 0.6 is 0 Å². The van der Waals surface area contributed by atoms with Crippen molar-refractivity contribution in [1.82, 2.24) is 14.9 Å². The number of aromatic nitrogens is 2. The van der Waals surface area contributed by atoms with Crippen LogP contribution in [0.4, 0.5) is 13.2 Å². The molecule has 1 saturated carbocycles. The van der Waals surface area contributed by atoms with Crippen molar-refractivity contribution in [3.63, 3.8) is 0 Å². The van der Waals surface area contributed by atoms with Crippen LogP contribution in [-0.4, -0.2) is 53.0 Å². The van der Waals surface area contributed by atoms with Crippen molar-refractivity contribution >= 4 is 16.9 Å². The highest BCUT2D eigenvalue weighted by molar-refractivity contribution is 5.82. The predicted octanol–water partition coefficient (Wildman–Crippen LogP) is 3.10. The first-order valence-corrected chi connectivity index (χ1v) is 10.5. The fourth-order valence-electron chi connectivity index (χ4n) is 5.07. The molecule has 1 aromatic carbocycles. The van der Waals surface area contributed by atoms with Crippen molar-refractivity contribution < 1.29 is 22.7 Å². The van der Waals surface area contributed by atoms with Crippen LogP contribution in [0.5, 0.6) is 0 Å². The molecule has 3 fully saturated rings. The number of benzene rings is 1. The second-order valence-electron chi connectivity index (χ2n) is 8.86. The van der Waals surface area contributed by atoms with E-state index < -0.39 is 42.6 Å². The van der Waals surface area contributed by atoms with Crippen molar-refractivity contribution in [3.05, 3.63) is 29.3 Å². The molecule has 1 aromatic heterocycles. The number of H-pyrrole nitrogens is 1. The number of alkyl halides is 2. The maximum atomic E-state index is 15.4. The highest BCUT2D eigenvalue weighted by atomic mass is 19.3. The average molecular weight is 422 g/mol. The van der Waals surface area contributed by atoms with Crippen molar-refractivity contribution in [1.29, 1.82) is 0 Å². The van der Waals surface area contributed by atoms with Crippen LogP contribution in [0.2, 0.25) is 0 Å². The second kappa shape index (κ2) is 7.23. The van der Waals surface area contributed by atoms with E-state index in [1.165, 1.54) is 0 Å². The Bertz CT molecular complexity index is 965. The van der Waals surface area contributed by atoms with Crippen LogP contribution in [0.25, 0.3) is 11.0 Å². The first-order valence-electron chi connectivity index (χ1n) is 10.5. The number of hydrogen-bond donors (Lipinski definition) is 2. The van der Waals surface area contributed by atoms with E-state index in [1.54, 1.807) is 12.1 Å².